The third-order valence-electron chi connectivity index (χ3n) is 4.32. The van der Waals surface area contributed by atoms with E-state index in [1.54, 1.807) is 0 Å². The van der Waals surface area contributed by atoms with E-state index < -0.39 is 0 Å². The van der Waals surface area contributed by atoms with Crippen molar-refractivity contribution in [2.45, 2.75) is 44.8 Å². The molecule has 100 valence electrons. The quantitative estimate of drug-likeness (QED) is 0.902. The van der Waals surface area contributed by atoms with Crippen molar-refractivity contribution in [3.05, 3.63) is 20.7 Å². The Kier molecular flexibility index (Phi) is 3.54. The van der Waals surface area contributed by atoms with E-state index in [1.165, 1.54) is 43.7 Å². The number of thiazole rings is 1. The zero-order valence-electron chi connectivity index (χ0n) is 10.9. The van der Waals surface area contributed by atoms with Gasteiger partial charge < -0.3 is 4.98 Å². The van der Waals surface area contributed by atoms with Crippen LogP contribution in [-0.2, 0) is 6.54 Å². The SMILES string of the molecule is CCC1CN2CCCC2CN1Cc1csc(=O)[nH]1. The fourth-order valence-corrected chi connectivity index (χ4v) is 3.91. The summed E-state index contributed by atoms with van der Waals surface area (Å²) < 4.78 is 0. The number of H-pyrrole nitrogens is 1. The van der Waals surface area contributed by atoms with Crippen LogP contribution in [0.5, 0.6) is 0 Å². The van der Waals surface area contributed by atoms with E-state index in [0.717, 1.165) is 24.8 Å². The highest BCUT2D eigenvalue weighted by Crippen LogP contribution is 2.26. The van der Waals surface area contributed by atoms with Crippen molar-refractivity contribution < 1.29 is 0 Å². The summed E-state index contributed by atoms with van der Waals surface area (Å²) in [4.78, 5) is 19.4. The number of fused-ring (bicyclic) bond motifs is 1. The van der Waals surface area contributed by atoms with Gasteiger partial charge in [-0.05, 0) is 25.8 Å². The molecule has 0 aromatic carbocycles. The molecule has 4 nitrogen and oxygen atoms in total. The molecule has 5 heteroatoms. The van der Waals surface area contributed by atoms with Crippen LogP contribution in [0, 0.1) is 0 Å². The second-order valence-corrected chi connectivity index (χ2v) is 6.30. The summed E-state index contributed by atoms with van der Waals surface area (Å²) in [6.07, 6.45) is 3.88. The monoisotopic (exact) mass is 267 g/mol. The summed E-state index contributed by atoms with van der Waals surface area (Å²) in [7, 11) is 0. The van der Waals surface area contributed by atoms with Gasteiger partial charge in [-0.1, -0.05) is 18.3 Å². The Bertz CT molecular complexity index is 455. The van der Waals surface area contributed by atoms with Crippen molar-refractivity contribution in [1.29, 1.82) is 0 Å². The van der Waals surface area contributed by atoms with Crippen LogP contribution >= 0.6 is 11.3 Å². The summed E-state index contributed by atoms with van der Waals surface area (Å²) in [5.41, 5.74) is 1.08. The maximum atomic E-state index is 11.2. The Morgan fingerprint density at radius 2 is 2.39 bits per heavy atom. The summed E-state index contributed by atoms with van der Waals surface area (Å²) in [5, 5.41) is 1.97. The van der Waals surface area contributed by atoms with Crippen LogP contribution in [0.15, 0.2) is 10.2 Å². The molecule has 0 aliphatic carbocycles. The second kappa shape index (κ2) is 5.15. The topological polar surface area (TPSA) is 39.3 Å². The third kappa shape index (κ3) is 2.39. The highest BCUT2D eigenvalue weighted by atomic mass is 32.1. The Labute approximate surface area is 112 Å². The van der Waals surface area contributed by atoms with Gasteiger partial charge >= 0.3 is 4.87 Å². The van der Waals surface area contributed by atoms with Crippen molar-refractivity contribution in [3.63, 3.8) is 0 Å². The molecule has 18 heavy (non-hydrogen) atoms. The molecule has 2 aliphatic rings. The van der Waals surface area contributed by atoms with Crippen LogP contribution in [0.3, 0.4) is 0 Å². The number of nitrogens with zero attached hydrogens (tertiary/aromatic N) is 2. The lowest BCUT2D eigenvalue weighted by atomic mass is 10.0. The van der Waals surface area contributed by atoms with Gasteiger partial charge in [0.25, 0.3) is 0 Å². The van der Waals surface area contributed by atoms with Crippen LogP contribution in [-0.4, -0.2) is 46.5 Å². The molecule has 2 atom stereocenters. The minimum absolute atomic E-state index is 0.0672. The summed E-state index contributed by atoms with van der Waals surface area (Å²) in [6.45, 7) is 6.82. The van der Waals surface area contributed by atoms with Gasteiger partial charge in [0.15, 0.2) is 0 Å². The van der Waals surface area contributed by atoms with Gasteiger partial charge in [-0.15, -0.1) is 0 Å². The van der Waals surface area contributed by atoms with Crippen molar-refractivity contribution >= 4 is 11.3 Å². The van der Waals surface area contributed by atoms with E-state index in [4.69, 9.17) is 0 Å². The first-order chi connectivity index (χ1) is 8.76. The first kappa shape index (κ1) is 12.4. The fourth-order valence-electron chi connectivity index (χ4n) is 3.34. The van der Waals surface area contributed by atoms with Crippen molar-refractivity contribution in [2.24, 2.45) is 0 Å². The number of nitrogens with one attached hydrogen (secondary N) is 1. The normalized spacial score (nSPS) is 29.6. The summed E-state index contributed by atoms with van der Waals surface area (Å²) in [5.74, 6) is 0. The zero-order valence-corrected chi connectivity index (χ0v) is 11.7. The molecule has 1 N–H and O–H groups in total. The Hall–Kier alpha value is -0.650. The van der Waals surface area contributed by atoms with E-state index in [-0.39, 0.29) is 4.87 Å². The largest absolute Gasteiger partial charge is 0.315 e. The van der Waals surface area contributed by atoms with Crippen LogP contribution < -0.4 is 4.87 Å². The maximum Gasteiger partial charge on any atom is 0.304 e. The van der Waals surface area contributed by atoms with Crippen molar-refractivity contribution in [1.82, 2.24) is 14.8 Å². The molecular formula is C13H21N3OS. The molecule has 0 radical (unpaired) electrons. The minimum atomic E-state index is 0.0672. The van der Waals surface area contributed by atoms with Crippen LogP contribution in [0.1, 0.15) is 31.9 Å². The molecule has 0 saturated carbocycles. The molecule has 1 aromatic heterocycles. The highest BCUT2D eigenvalue weighted by Gasteiger charge is 2.35. The van der Waals surface area contributed by atoms with Gasteiger partial charge in [-0.3, -0.25) is 14.6 Å². The van der Waals surface area contributed by atoms with E-state index in [2.05, 4.69) is 21.7 Å². The number of aromatic nitrogens is 1. The first-order valence-corrected chi connectivity index (χ1v) is 7.79. The van der Waals surface area contributed by atoms with Gasteiger partial charge in [0.05, 0.1) is 0 Å². The molecule has 3 heterocycles. The Morgan fingerprint density at radius 1 is 1.50 bits per heavy atom. The third-order valence-corrected chi connectivity index (χ3v) is 5.04. The molecular weight excluding hydrogens is 246 g/mol. The first-order valence-electron chi connectivity index (χ1n) is 6.91. The molecule has 2 saturated heterocycles. The summed E-state index contributed by atoms with van der Waals surface area (Å²) >= 11 is 1.27. The van der Waals surface area contributed by atoms with E-state index in [0.29, 0.717) is 6.04 Å². The average Bonchev–Trinajstić information content (AvgIpc) is 2.97. The maximum absolute atomic E-state index is 11.2. The van der Waals surface area contributed by atoms with Gasteiger partial charge in [0, 0.05) is 42.8 Å². The Morgan fingerprint density at radius 3 is 3.11 bits per heavy atom. The molecule has 2 fully saturated rings. The molecule has 2 aliphatic heterocycles. The zero-order chi connectivity index (χ0) is 12.5. The summed E-state index contributed by atoms with van der Waals surface area (Å²) in [6, 6.07) is 1.39. The van der Waals surface area contributed by atoms with Gasteiger partial charge in [0.2, 0.25) is 0 Å². The van der Waals surface area contributed by atoms with Crippen molar-refractivity contribution in [2.75, 3.05) is 19.6 Å². The number of hydrogen-bond acceptors (Lipinski definition) is 4. The van der Waals surface area contributed by atoms with Gasteiger partial charge in [0.1, 0.15) is 0 Å². The molecule has 0 bridgehead atoms. The second-order valence-electron chi connectivity index (χ2n) is 5.46. The predicted octanol–water partition coefficient (Wildman–Crippen LogP) is 1.49. The van der Waals surface area contributed by atoms with E-state index in [1.807, 2.05) is 5.38 Å². The van der Waals surface area contributed by atoms with Crippen LogP contribution in [0.25, 0.3) is 0 Å². The number of aromatic amines is 1. The molecule has 3 rings (SSSR count). The molecule has 2 unspecified atom stereocenters. The van der Waals surface area contributed by atoms with Crippen LogP contribution in [0.4, 0.5) is 0 Å². The minimum Gasteiger partial charge on any atom is -0.315 e. The molecule has 0 spiro atoms. The van der Waals surface area contributed by atoms with Crippen LogP contribution in [0.2, 0.25) is 0 Å². The lowest BCUT2D eigenvalue weighted by Crippen LogP contribution is -2.55. The fraction of sp³-hybridized carbons (Fsp3) is 0.769. The average molecular weight is 267 g/mol. The number of piperazine rings is 1. The Balaban J connectivity index is 1.71. The predicted molar refractivity (Wildman–Crippen MR) is 74.0 cm³/mol. The lowest BCUT2D eigenvalue weighted by molar-refractivity contribution is 0.0430. The van der Waals surface area contributed by atoms with Crippen molar-refractivity contribution in [3.8, 4) is 0 Å². The van der Waals surface area contributed by atoms with E-state index in [9.17, 15) is 4.79 Å². The smallest absolute Gasteiger partial charge is 0.304 e. The highest BCUT2D eigenvalue weighted by molar-refractivity contribution is 7.07. The molecule has 0 amide bonds. The van der Waals surface area contributed by atoms with E-state index >= 15 is 0 Å². The number of rotatable bonds is 3. The molecule has 1 aromatic rings. The van der Waals surface area contributed by atoms with Gasteiger partial charge in [-0.2, -0.15) is 0 Å². The number of hydrogen-bond donors (Lipinski definition) is 1. The lowest BCUT2D eigenvalue weighted by Gasteiger charge is -2.43. The van der Waals surface area contributed by atoms with Gasteiger partial charge in [-0.25, -0.2) is 0 Å². The standard InChI is InChI=1S/C13H21N3OS/c1-2-11-7-15-5-3-4-12(15)8-16(11)6-10-9-18-13(17)14-10/h9,11-12H,2-8H2,1H3,(H,14,17).